The highest BCUT2D eigenvalue weighted by Gasteiger charge is 2.19. The minimum absolute atomic E-state index is 0.718. The second kappa shape index (κ2) is 6.84. The Bertz CT molecular complexity index is 513. The van der Waals surface area contributed by atoms with Crippen molar-refractivity contribution in [1.29, 1.82) is 0 Å². The van der Waals surface area contributed by atoms with Gasteiger partial charge >= 0.3 is 5.97 Å². The highest BCUT2D eigenvalue weighted by Crippen LogP contribution is 2.27. The van der Waals surface area contributed by atoms with Gasteiger partial charge in [0.1, 0.15) is 0 Å². The van der Waals surface area contributed by atoms with E-state index in [4.69, 9.17) is 5.11 Å². The molecule has 2 rings (SSSR count). The average Bonchev–Trinajstić information content (AvgIpc) is 2.46. The third-order valence-corrected chi connectivity index (χ3v) is 4.99. The molecule has 3 nitrogen and oxygen atoms in total. The summed E-state index contributed by atoms with van der Waals surface area (Å²) in [7, 11) is 0. The Labute approximate surface area is 124 Å². The van der Waals surface area contributed by atoms with Crippen LogP contribution in [0.25, 0.3) is 6.08 Å². The van der Waals surface area contributed by atoms with Crippen LogP contribution in [0.4, 0.5) is 5.69 Å². The first-order chi connectivity index (χ1) is 9.60. The zero-order valence-electron chi connectivity index (χ0n) is 12.0. The standard InChI is InChI=1S/C16H21NO2S/c1-3-15-11-17(8-9-20-15)14-6-4-13(12(2)10-14)5-7-16(18)19/h4-7,10,15H,3,8-9,11H2,1-2H3,(H,18,19)/b7-5+. The number of carboxylic acid groups (broad SMARTS) is 1. The number of aryl methyl sites for hydroxylation is 1. The molecule has 1 fully saturated rings. The van der Waals surface area contributed by atoms with Crippen molar-refractivity contribution in [2.45, 2.75) is 25.5 Å². The van der Waals surface area contributed by atoms with Crippen LogP contribution in [-0.4, -0.2) is 35.2 Å². The SMILES string of the molecule is CCC1CN(c2ccc(/C=C/C(=O)O)c(C)c2)CCS1. The monoisotopic (exact) mass is 291 g/mol. The van der Waals surface area contributed by atoms with E-state index in [0.29, 0.717) is 0 Å². The molecule has 1 N–H and O–H groups in total. The molecule has 1 aromatic rings. The molecule has 1 unspecified atom stereocenters. The topological polar surface area (TPSA) is 40.5 Å². The number of benzene rings is 1. The van der Waals surface area contributed by atoms with E-state index in [1.165, 1.54) is 23.9 Å². The Morgan fingerprint density at radius 2 is 2.35 bits per heavy atom. The molecule has 0 aliphatic carbocycles. The summed E-state index contributed by atoms with van der Waals surface area (Å²) in [5.74, 6) is 0.269. The third kappa shape index (κ3) is 3.79. The maximum Gasteiger partial charge on any atom is 0.328 e. The van der Waals surface area contributed by atoms with Crippen molar-refractivity contribution in [1.82, 2.24) is 0 Å². The molecule has 0 spiro atoms. The van der Waals surface area contributed by atoms with Gasteiger partial charge in [0, 0.05) is 35.9 Å². The van der Waals surface area contributed by atoms with Gasteiger partial charge in [-0.15, -0.1) is 0 Å². The van der Waals surface area contributed by atoms with Gasteiger partial charge in [-0.05, 0) is 42.7 Å². The average molecular weight is 291 g/mol. The summed E-state index contributed by atoms with van der Waals surface area (Å²) < 4.78 is 0. The first kappa shape index (κ1) is 15.0. The normalized spacial score (nSPS) is 19.5. The minimum Gasteiger partial charge on any atom is -0.478 e. The van der Waals surface area contributed by atoms with E-state index in [-0.39, 0.29) is 0 Å². The van der Waals surface area contributed by atoms with Crippen LogP contribution in [0.2, 0.25) is 0 Å². The van der Waals surface area contributed by atoms with E-state index >= 15 is 0 Å². The lowest BCUT2D eigenvalue weighted by molar-refractivity contribution is -0.131. The molecule has 1 atom stereocenters. The van der Waals surface area contributed by atoms with Crippen LogP contribution in [0.15, 0.2) is 24.3 Å². The van der Waals surface area contributed by atoms with E-state index < -0.39 is 5.97 Å². The molecule has 0 aromatic heterocycles. The zero-order chi connectivity index (χ0) is 14.5. The largest absolute Gasteiger partial charge is 0.478 e. The van der Waals surface area contributed by atoms with Crippen molar-refractivity contribution < 1.29 is 9.90 Å². The summed E-state index contributed by atoms with van der Waals surface area (Å²) in [4.78, 5) is 13.0. The predicted octanol–water partition coefficient (Wildman–Crippen LogP) is 3.42. The number of nitrogens with zero attached hydrogens (tertiary/aromatic N) is 1. The van der Waals surface area contributed by atoms with Crippen LogP contribution in [0.1, 0.15) is 24.5 Å². The second-order valence-electron chi connectivity index (χ2n) is 5.06. The fourth-order valence-corrected chi connectivity index (χ4v) is 3.59. The van der Waals surface area contributed by atoms with Crippen LogP contribution in [0.5, 0.6) is 0 Å². The molecule has 1 saturated heterocycles. The van der Waals surface area contributed by atoms with E-state index in [1.54, 1.807) is 6.08 Å². The zero-order valence-corrected chi connectivity index (χ0v) is 12.8. The first-order valence-corrected chi connectivity index (χ1v) is 8.03. The molecule has 20 heavy (non-hydrogen) atoms. The summed E-state index contributed by atoms with van der Waals surface area (Å²) in [5.41, 5.74) is 3.33. The van der Waals surface area contributed by atoms with Gasteiger partial charge in [0.15, 0.2) is 0 Å². The number of hydrogen-bond donors (Lipinski definition) is 1. The van der Waals surface area contributed by atoms with Crippen molar-refractivity contribution in [3.63, 3.8) is 0 Å². The molecule has 108 valence electrons. The lowest BCUT2D eigenvalue weighted by Crippen LogP contribution is -2.37. The van der Waals surface area contributed by atoms with Gasteiger partial charge in [-0.25, -0.2) is 4.79 Å². The van der Waals surface area contributed by atoms with Gasteiger partial charge in [-0.1, -0.05) is 13.0 Å². The number of carbonyl (C=O) groups is 1. The quantitative estimate of drug-likeness (QED) is 0.863. The Balaban J connectivity index is 2.14. The Kier molecular flexibility index (Phi) is 5.12. The van der Waals surface area contributed by atoms with Crippen molar-refractivity contribution in [2.75, 3.05) is 23.7 Å². The molecule has 1 aliphatic heterocycles. The van der Waals surface area contributed by atoms with Crippen molar-refractivity contribution >= 4 is 29.5 Å². The molecule has 0 saturated carbocycles. The number of carboxylic acids is 1. The van der Waals surface area contributed by atoms with Crippen LogP contribution in [-0.2, 0) is 4.79 Å². The number of rotatable bonds is 4. The number of hydrogen-bond acceptors (Lipinski definition) is 3. The molecular formula is C16H21NO2S. The van der Waals surface area contributed by atoms with Crippen molar-refractivity contribution in [3.8, 4) is 0 Å². The van der Waals surface area contributed by atoms with Gasteiger partial charge in [0.05, 0.1) is 0 Å². The summed E-state index contributed by atoms with van der Waals surface area (Å²) in [6, 6.07) is 6.26. The lowest BCUT2D eigenvalue weighted by Gasteiger charge is -2.34. The Hall–Kier alpha value is -1.42. The van der Waals surface area contributed by atoms with Gasteiger partial charge < -0.3 is 10.0 Å². The van der Waals surface area contributed by atoms with Crippen LogP contribution >= 0.6 is 11.8 Å². The second-order valence-corrected chi connectivity index (χ2v) is 6.47. The van der Waals surface area contributed by atoms with Gasteiger partial charge in [0.2, 0.25) is 0 Å². The van der Waals surface area contributed by atoms with E-state index in [0.717, 1.165) is 29.5 Å². The highest BCUT2D eigenvalue weighted by molar-refractivity contribution is 8.00. The molecule has 4 heteroatoms. The van der Waals surface area contributed by atoms with Gasteiger partial charge in [-0.2, -0.15) is 11.8 Å². The lowest BCUT2D eigenvalue weighted by atomic mass is 10.1. The summed E-state index contributed by atoms with van der Waals surface area (Å²) in [6.07, 6.45) is 4.05. The maximum atomic E-state index is 10.6. The Morgan fingerprint density at radius 1 is 1.55 bits per heavy atom. The number of anilines is 1. The van der Waals surface area contributed by atoms with Crippen LogP contribution < -0.4 is 4.90 Å². The van der Waals surface area contributed by atoms with Crippen molar-refractivity contribution in [2.24, 2.45) is 0 Å². The molecule has 0 bridgehead atoms. The molecule has 0 radical (unpaired) electrons. The summed E-state index contributed by atoms with van der Waals surface area (Å²) in [6.45, 7) is 6.46. The van der Waals surface area contributed by atoms with Crippen molar-refractivity contribution in [3.05, 3.63) is 35.4 Å². The molecule has 0 amide bonds. The molecule has 1 aromatic carbocycles. The number of aliphatic carboxylic acids is 1. The van der Waals surface area contributed by atoms with E-state index in [2.05, 4.69) is 35.7 Å². The fraction of sp³-hybridized carbons (Fsp3) is 0.438. The third-order valence-electron chi connectivity index (χ3n) is 3.62. The Morgan fingerprint density at radius 3 is 3.00 bits per heavy atom. The number of thioether (sulfide) groups is 1. The molecular weight excluding hydrogens is 270 g/mol. The van der Waals surface area contributed by atoms with Crippen LogP contribution in [0.3, 0.4) is 0 Å². The van der Waals surface area contributed by atoms with Gasteiger partial charge in [-0.3, -0.25) is 0 Å². The maximum absolute atomic E-state index is 10.6. The van der Waals surface area contributed by atoms with Crippen LogP contribution in [0, 0.1) is 6.92 Å². The summed E-state index contributed by atoms with van der Waals surface area (Å²) >= 11 is 2.06. The van der Waals surface area contributed by atoms with E-state index in [1.807, 2.05) is 13.0 Å². The van der Waals surface area contributed by atoms with Gasteiger partial charge in [0.25, 0.3) is 0 Å². The predicted molar refractivity (Wildman–Crippen MR) is 86.6 cm³/mol. The first-order valence-electron chi connectivity index (χ1n) is 6.98. The summed E-state index contributed by atoms with van der Waals surface area (Å²) in [5, 5.41) is 9.40. The smallest absolute Gasteiger partial charge is 0.328 e. The minimum atomic E-state index is -0.910. The van der Waals surface area contributed by atoms with E-state index in [9.17, 15) is 4.79 Å². The highest BCUT2D eigenvalue weighted by atomic mass is 32.2. The fourth-order valence-electron chi connectivity index (χ4n) is 2.41. The molecule has 1 heterocycles. The molecule has 1 aliphatic rings.